The summed E-state index contributed by atoms with van der Waals surface area (Å²) in [5.41, 5.74) is 5.86. The molecule has 0 amide bonds. The van der Waals surface area contributed by atoms with Crippen molar-refractivity contribution in [3.63, 3.8) is 0 Å². The van der Waals surface area contributed by atoms with Crippen molar-refractivity contribution in [1.29, 1.82) is 0 Å². The summed E-state index contributed by atoms with van der Waals surface area (Å²) in [6.45, 7) is 6.06. The van der Waals surface area contributed by atoms with Crippen LogP contribution in [0, 0.1) is 17.8 Å². The number of nitrogens with two attached hydrogens (primary N) is 1. The topological polar surface area (TPSA) is 47.3 Å². The Labute approximate surface area is 99.1 Å². The lowest BCUT2D eigenvalue weighted by Gasteiger charge is -2.31. The normalized spacial score (nSPS) is 30.0. The molecule has 1 saturated heterocycles. The van der Waals surface area contributed by atoms with Gasteiger partial charge in [-0.2, -0.15) is 0 Å². The van der Waals surface area contributed by atoms with E-state index in [0.29, 0.717) is 12.0 Å². The third-order valence-corrected chi connectivity index (χ3v) is 4.15. The van der Waals surface area contributed by atoms with E-state index in [-0.39, 0.29) is 0 Å². The molecule has 94 valence electrons. The molecule has 2 rings (SSSR count). The van der Waals surface area contributed by atoms with Crippen LogP contribution in [0.25, 0.3) is 0 Å². The molecule has 16 heavy (non-hydrogen) atoms. The van der Waals surface area contributed by atoms with Crippen molar-refractivity contribution >= 4 is 0 Å². The molecule has 3 unspecified atom stereocenters. The van der Waals surface area contributed by atoms with E-state index in [2.05, 4.69) is 12.2 Å². The van der Waals surface area contributed by atoms with Crippen molar-refractivity contribution in [3.05, 3.63) is 0 Å². The summed E-state index contributed by atoms with van der Waals surface area (Å²) in [6.07, 6.45) is 5.33. The Bertz CT molecular complexity index is 200. The molecule has 2 aliphatic rings. The van der Waals surface area contributed by atoms with Crippen LogP contribution in [0.1, 0.15) is 32.6 Å². The first-order chi connectivity index (χ1) is 7.81. The third kappa shape index (κ3) is 3.44. The van der Waals surface area contributed by atoms with Crippen LogP contribution in [-0.4, -0.2) is 32.3 Å². The number of ether oxygens (including phenoxy) is 1. The molecular weight excluding hydrogens is 200 g/mol. The van der Waals surface area contributed by atoms with Gasteiger partial charge < -0.3 is 15.8 Å². The van der Waals surface area contributed by atoms with E-state index < -0.39 is 0 Å². The molecule has 1 saturated carbocycles. The van der Waals surface area contributed by atoms with Crippen molar-refractivity contribution in [2.24, 2.45) is 23.5 Å². The van der Waals surface area contributed by atoms with Crippen LogP contribution in [0.3, 0.4) is 0 Å². The highest BCUT2D eigenvalue weighted by atomic mass is 16.5. The molecule has 0 aromatic rings. The van der Waals surface area contributed by atoms with Crippen molar-refractivity contribution in [2.45, 2.75) is 38.6 Å². The van der Waals surface area contributed by atoms with Gasteiger partial charge in [0.2, 0.25) is 0 Å². The molecule has 1 aliphatic heterocycles. The minimum atomic E-state index is 0.460. The van der Waals surface area contributed by atoms with Crippen LogP contribution >= 0.6 is 0 Å². The second kappa shape index (κ2) is 5.99. The van der Waals surface area contributed by atoms with Gasteiger partial charge >= 0.3 is 0 Å². The van der Waals surface area contributed by atoms with Crippen LogP contribution < -0.4 is 11.1 Å². The predicted molar refractivity (Wildman–Crippen MR) is 66.3 cm³/mol. The average Bonchev–Trinajstić information content (AvgIpc) is 3.15. The van der Waals surface area contributed by atoms with Crippen LogP contribution in [0.15, 0.2) is 0 Å². The maximum atomic E-state index is 5.86. The first-order valence-corrected chi connectivity index (χ1v) is 6.82. The van der Waals surface area contributed by atoms with Gasteiger partial charge in [-0.1, -0.05) is 6.92 Å². The van der Waals surface area contributed by atoms with Gasteiger partial charge in [-0.05, 0) is 50.0 Å². The zero-order chi connectivity index (χ0) is 11.4. The Morgan fingerprint density at radius 3 is 2.69 bits per heavy atom. The maximum absolute atomic E-state index is 5.86. The smallest absolute Gasteiger partial charge is 0.0509 e. The van der Waals surface area contributed by atoms with E-state index in [1.54, 1.807) is 0 Å². The summed E-state index contributed by atoms with van der Waals surface area (Å²) < 4.78 is 5.54. The largest absolute Gasteiger partial charge is 0.381 e. The van der Waals surface area contributed by atoms with Crippen molar-refractivity contribution in [3.8, 4) is 0 Å². The summed E-state index contributed by atoms with van der Waals surface area (Å²) in [5, 5.41) is 3.66. The molecule has 1 aliphatic carbocycles. The fraction of sp³-hybridized carbons (Fsp3) is 1.00. The summed E-state index contributed by atoms with van der Waals surface area (Å²) in [6, 6.07) is 0.460. The van der Waals surface area contributed by atoms with Gasteiger partial charge in [-0.15, -0.1) is 0 Å². The lowest BCUT2D eigenvalue weighted by atomic mass is 9.93. The van der Waals surface area contributed by atoms with Gasteiger partial charge in [0.15, 0.2) is 0 Å². The molecule has 0 spiro atoms. The molecule has 3 nitrogen and oxygen atoms in total. The minimum Gasteiger partial charge on any atom is -0.381 e. The second-order valence-electron chi connectivity index (χ2n) is 5.54. The minimum absolute atomic E-state index is 0.460. The molecule has 0 aromatic heterocycles. The Hall–Kier alpha value is -0.120. The Morgan fingerprint density at radius 1 is 1.31 bits per heavy atom. The van der Waals surface area contributed by atoms with Gasteiger partial charge in [0.1, 0.15) is 0 Å². The van der Waals surface area contributed by atoms with E-state index in [1.165, 1.54) is 25.7 Å². The van der Waals surface area contributed by atoms with Gasteiger partial charge in [0, 0.05) is 19.2 Å². The zero-order valence-electron chi connectivity index (χ0n) is 10.5. The molecule has 0 aromatic carbocycles. The fourth-order valence-corrected chi connectivity index (χ4v) is 2.69. The van der Waals surface area contributed by atoms with Gasteiger partial charge in [0.05, 0.1) is 6.61 Å². The van der Waals surface area contributed by atoms with E-state index in [0.717, 1.165) is 38.1 Å². The lowest BCUT2D eigenvalue weighted by Crippen LogP contribution is -2.46. The molecule has 3 heteroatoms. The van der Waals surface area contributed by atoms with Crippen molar-refractivity contribution < 1.29 is 4.74 Å². The second-order valence-corrected chi connectivity index (χ2v) is 5.54. The Kier molecular flexibility index (Phi) is 4.62. The molecule has 1 heterocycles. The van der Waals surface area contributed by atoms with Crippen molar-refractivity contribution in [1.82, 2.24) is 5.32 Å². The van der Waals surface area contributed by atoms with Crippen molar-refractivity contribution in [2.75, 3.05) is 26.3 Å². The standard InChI is InChI=1S/C13H26N2O/c1-10(11-4-5-11)8-15-13(7-14)12-3-2-6-16-9-12/h10-13,15H,2-9,14H2,1H3. The molecule has 3 N–H and O–H groups in total. The highest BCUT2D eigenvalue weighted by molar-refractivity contribution is 4.84. The van der Waals surface area contributed by atoms with Gasteiger partial charge in [0.25, 0.3) is 0 Å². The summed E-state index contributed by atoms with van der Waals surface area (Å²) in [5.74, 6) is 2.43. The third-order valence-electron chi connectivity index (χ3n) is 4.15. The highest BCUT2D eigenvalue weighted by Crippen LogP contribution is 2.36. The first kappa shape index (κ1) is 12.3. The predicted octanol–water partition coefficient (Wildman–Crippen LogP) is 1.38. The van der Waals surface area contributed by atoms with Gasteiger partial charge in [-0.3, -0.25) is 0 Å². The summed E-state index contributed by atoms with van der Waals surface area (Å²) in [4.78, 5) is 0. The maximum Gasteiger partial charge on any atom is 0.0509 e. The van der Waals surface area contributed by atoms with Crippen LogP contribution in [0.4, 0.5) is 0 Å². The highest BCUT2D eigenvalue weighted by Gasteiger charge is 2.29. The average molecular weight is 226 g/mol. The quantitative estimate of drug-likeness (QED) is 0.719. The Balaban J connectivity index is 1.70. The SMILES string of the molecule is CC(CNC(CN)C1CCCOC1)C1CC1. The number of hydrogen-bond donors (Lipinski definition) is 2. The van der Waals surface area contributed by atoms with Crippen LogP contribution in [-0.2, 0) is 4.74 Å². The van der Waals surface area contributed by atoms with E-state index in [1.807, 2.05) is 0 Å². The first-order valence-electron chi connectivity index (χ1n) is 6.82. The molecular formula is C13H26N2O. The number of rotatable bonds is 6. The number of nitrogens with one attached hydrogen (secondary N) is 1. The molecule has 2 fully saturated rings. The lowest BCUT2D eigenvalue weighted by molar-refractivity contribution is 0.0399. The van der Waals surface area contributed by atoms with E-state index in [9.17, 15) is 0 Å². The molecule has 0 bridgehead atoms. The monoisotopic (exact) mass is 226 g/mol. The zero-order valence-corrected chi connectivity index (χ0v) is 10.5. The Morgan fingerprint density at radius 2 is 2.12 bits per heavy atom. The van der Waals surface area contributed by atoms with E-state index in [4.69, 9.17) is 10.5 Å². The summed E-state index contributed by atoms with van der Waals surface area (Å²) >= 11 is 0. The summed E-state index contributed by atoms with van der Waals surface area (Å²) in [7, 11) is 0. The van der Waals surface area contributed by atoms with E-state index >= 15 is 0 Å². The molecule has 0 radical (unpaired) electrons. The van der Waals surface area contributed by atoms with Gasteiger partial charge in [-0.25, -0.2) is 0 Å². The molecule has 3 atom stereocenters. The fourth-order valence-electron chi connectivity index (χ4n) is 2.69. The number of hydrogen-bond acceptors (Lipinski definition) is 3. The van der Waals surface area contributed by atoms with Crippen LogP contribution in [0.5, 0.6) is 0 Å². The van der Waals surface area contributed by atoms with Crippen LogP contribution in [0.2, 0.25) is 0 Å².